The molecule has 0 aliphatic heterocycles. The molecule has 1 aliphatic rings. The zero-order chi connectivity index (χ0) is 23.1. The van der Waals surface area contributed by atoms with Gasteiger partial charge in [-0.15, -0.1) is 11.3 Å². The summed E-state index contributed by atoms with van der Waals surface area (Å²) in [6.07, 6.45) is 3.06. The van der Waals surface area contributed by atoms with E-state index in [2.05, 4.69) is 21.9 Å². The van der Waals surface area contributed by atoms with Gasteiger partial charge in [-0.05, 0) is 42.9 Å². The van der Waals surface area contributed by atoms with Crippen LogP contribution in [-0.2, 0) is 18.6 Å². The van der Waals surface area contributed by atoms with E-state index in [1.165, 1.54) is 22.2 Å². The summed E-state index contributed by atoms with van der Waals surface area (Å²) in [5, 5.41) is 1.39. The van der Waals surface area contributed by atoms with Gasteiger partial charge in [0.15, 0.2) is 5.16 Å². The fourth-order valence-corrected chi connectivity index (χ4v) is 6.38. The second-order valence-corrected chi connectivity index (χ2v) is 10.5. The zero-order valence-electron chi connectivity index (χ0n) is 18.8. The van der Waals surface area contributed by atoms with Gasteiger partial charge in [0.1, 0.15) is 10.7 Å². The number of hydrogen-bond donors (Lipinski definition) is 1. The molecule has 5 rings (SSSR count). The summed E-state index contributed by atoms with van der Waals surface area (Å²) in [5.74, 6) is 2.27. The Kier molecular flexibility index (Phi) is 5.79. The van der Waals surface area contributed by atoms with Crippen LogP contribution in [0, 0.1) is 5.92 Å². The largest absolute Gasteiger partial charge is 0.368 e. The molecular formula is C23H25N7OS2. The maximum Gasteiger partial charge on any atom is 0.267 e. The quantitative estimate of drug-likeness (QED) is 0.341. The number of thiophene rings is 1. The topological polar surface area (TPSA) is 103 Å². The second kappa shape index (κ2) is 8.75. The minimum atomic E-state index is -0.00936. The molecule has 1 atom stereocenters. The van der Waals surface area contributed by atoms with E-state index in [9.17, 15) is 4.79 Å². The number of hydrogen-bond acceptors (Lipinski definition) is 9. The molecule has 0 bridgehead atoms. The molecule has 10 heteroatoms. The molecule has 8 nitrogen and oxygen atoms in total. The van der Waals surface area contributed by atoms with Crippen molar-refractivity contribution < 1.29 is 0 Å². The van der Waals surface area contributed by atoms with E-state index >= 15 is 0 Å². The highest BCUT2D eigenvalue weighted by atomic mass is 32.2. The average molecular weight is 480 g/mol. The van der Waals surface area contributed by atoms with Crippen molar-refractivity contribution in [2.24, 2.45) is 5.92 Å². The lowest BCUT2D eigenvalue weighted by molar-refractivity contribution is 0.509. The number of nitrogen functional groups attached to an aromatic ring is 1. The van der Waals surface area contributed by atoms with Crippen LogP contribution in [0.25, 0.3) is 15.9 Å². The van der Waals surface area contributed by atoms with Crippen LogP contribution in [0.15, 0.2) is 40.3 Å². The summed E-state index contributed by atoms with van der Waals surface area (Å²) in [4.78, 5) is 35.6. The molecule has 2 N–H and O–H groups in total. The standard InChI is InChI=1S/C23H25N7OS2/c1-13-9-10-15-16(11-13)33-19-18(15)20(31)30(14-7-5-4-6-8-14)23(27-19)32-12-17-25-21(24)28-22(26-17)29(2)3/h4-8,13H,9-12H2,1-3H3,(H2,24,25,26,28). The molecule has 33 heavy (non-hydrogen) atoms. The molecule has 0 saturated carbocycles. The highest BCUT2D eigenvalue weighted by molar-refractivity contribution is 7.98. The lowest BCUT2D eigenvalue weighted by Gasteiger charge is -2.18. The monoisotopic (exact) mass is 479 g/mol. The van der Waals surface area contributed by atoms with Crippen LogP contribution in [0.1, 0.15) is 29.6 Å². The normalized spacial score (nSPS) is 15.5. The van der Waals surface area contributed by atoms with Crippen molar-refractivity contribution in [2.75, 3.05) is 24.7 Å². The number of thioether (sulfide) groups is 1. The molecule has 0 radical (unpaired) electrons. The Morgan fingerprint density at radius 2 is 1.97 bits per heavy atom. The van der Waals surface area contributed by atoms with Gasteiger partial charge in [0.2, 0.25) is 11.9 Å². The Bertz CT molecular complexity index is 1380. The lowest BCUT2D eigenvalue weighted by Crippen LogP contribution is -2.22. The second-order valence-electron chi connectivity index (χ2n) is 8.50. The number of aromatic nitrogens is 5. The molecule has 0 fully saturated rings. The minimum absolute atomic E-state index is 0.00936. The first-order valence-electron chi connectivity index (χ1n) is 10.8. The van der Waals surface area contributed by atoms with Crippen molar-refractivity contribution in [2.45, 2.75) is 37.1 Å². The van der Waals surface area contributed by atoms with Crippen LogP contribution in [0.3, 0.4) is 0 Å². The first-order valence-corrected chi connectivity index (χ1v) is 12.6. The number of anilines is 2. The SMILES string of the molecule is CC1CCc2c(sc3nc(SCc4nc(N)nc(N(C)C)n4)n(-c4ccccc4)c(=O)c23)C1. The summed E-state index contributed by atoms with van der Waals surface area (Å²) >= 11 is 3.09. The number of nitrogens with zero attached hydrogens (tertiary/aromatic N) is 6. The maximum atomic E-state index is 13.8. The van der Waals surface area contributed by atoms with E-state index in [1.807, 2.05) is 44.4 Å². The Hall–Kier alpha value is -2.98. The first-order chi connectivity index (χ1) is 15.9. The molecule has 170 valence electrons. The minimum Gasteiger partial charge on any atom is -0.368 e. The fourth-order valence-electron chi connectivity index (χ4n) is 4.09. The van der Waals surface area contributed by atoms with Crippen LogP contribution in [0.4, 0.5) is 11.9 Å². The lowest BCUT2D eigenvalue weighted by atomic mass is 9.89. The summed E-state index contributed by atoms with van der Waals surface area (Å²) < 4.78 is 1.72. The molecule has 3 heterocycles. The van der Waals surface area contributed by atoms with Gasteiger partial charge in [-0.3, -0.25) is 9.36 Å². The van der Waals surface area contributed by atoms with E-state index in [0.717, 1.165) is 35.2 Å². The molecular weight excluding hydrogens is 454 g/mol. The van der Waals surface area contributed by atoms with E-state index in [0.29, 0.717) is 28.6 Å². The number of fused-ring (bicyclic) bond motifs is 3. The van der Waals surface area contributed by atoms with Gasteiger partial charge in [-0.1, -0.05) is 36.9 Å². The van der Waals surface area contributed by atoms with Gasteiger partial charge < -0.3 is 10.6 Å². The Labute approximate surface area is 199 Å². The molecule has 1 aliphatic carbocycles. The van der Waals surface area contributed by atoms with Crippen molar-refractivity contribution in [1.82, 2.24) is 24.5 Å². The number of para-hydroxylation sites is 1. The van der Waals surface area contributed by atoms with Gasteiger partial charge in [0, 0.05) is 19.0 Å². The Balaban J connectivity index is 1.61. The van der Waals surface area contributed by atoms with Crippen molar-refractivity contribution in [3.05, 3.63) is 57.0 Å². The van der Waals surface area contributed by atoms with E-state index in [1.54, 1.807) is 20.8 Å². The highest BCUT2D eigenvalue weighted by Crippen LogP contribution is 2.37. The Morgan fingerprint density at radius 3 is 2.73 bits per heavy atom. The maximum absolute atomic E-state index is 13.8. The fraction of sp³-hybridized carbons (Fsp3) is 0.348. The van der Waals surface area contributed by atoms with Crippen LogP contribution < -0.4 is 16.2 Å². The van der Waals surface area contributed by atoms with Gasteiger partial charge in [-0.2, -0.15) is 15.0 Å². The van der Waals surface area contributed by atoms with E-state index < -0.39 is 0 Å². The van der Waals surface area contributed by atoms with Crippen molar-refractivity contribution in [3.8, 4) is 5.69 Å². The third-order valence-electron chi connectivity index (χ3n) is 5.73. The number of aryl methyl sites for hydroxylation is 1. The number of nitrogens with two attached hydrogens (primary N) is 1. The summed E-state index contributed by atoms with van der Waals surface area (Å²) in [6, 6.07) is 9.68. The number of benzene rings is 1. The van der Waals surface area contributed by atoms with Crippen LogP contribution in [0.2, 0.25) is 0 Å². The summed E-state index contributed by atoms with van der Waals surface area (Å²) in [5.41, 5.74) is 7.86. The molecule has 0 saturated heterocycles. The molecule has 0 amide bonds. The van der Waals surface area contributed by atoms with Crippen LogP contribution in [-0.4, -0.2) is 38.6 Å². The zero-order valence-corrected chi connectivity index (χ0v) is 20.4. The van der Waals surface area contributed by atoms with Crippen molar-refractivity contribution in [1.29, 1.82) is 0 Å². The summed E-state index contributed by atoms with van der Waals surface area (Å²) in [7, 11) is 3.71. The first kappa shape index (κ1) is 21.8. The molecule has 1 unspecified atom stereocenters. The third-order valence-corrected chi connectivity index (χ3v) is 7.81. The Morgan fingerprint density at radius 1 is 1.18 bits per heavy atom. The molecule has 0 spiro atoms. The average Bonchev–Trinajstić information content (AvgIpc) is 3.15. The van der Waals surface area contributed by atoms with Gasteiger partial charge >= 0.3 is 0 Å². The van der Waals surface area contributed by atoms with E-state index in [-0.39, 0.29) is 11.5 Å². The van der Waals surface area contributed by atoms with Crippen LogP contribution >= 0.6 is 23.1 Å². The van der Waals surface area contributed by atoms with Gasteiger partial charge in [-0.25, -0.2) is 4.98 Å². The van der Waals surface area contributed by atoms with Crippen LogP contribution in [0.5, 0.6) is 0 Å². The molecule has 3 aromatic heterocycles. The smallest absolute Gasteiger partial charge is 0.267 e. The predicted octanol–water partition coefficient (Wildman–Crippen LogP) is 3.70. The number of rotatable bonds is 5. The van der Waals surface area contributed by atoms with Gasteiger partial charge in [0.25, 0.3) is 5.56 Å². The third kappa shape index (κ3) is 4.20. The predicted molar refractivity (Wildman–Crippen MR) is 135 cm³/mol. The highest BCUT2D eigenvalue weighted by Gasteiger charge is 2.25. The summed E-state index contributed by atoms with van der Waals surface area (Å²) in [6.45, 7) is 2.27. The van der Waals surface area contributed by atoms with Crippen molar-refractivity contribution >= 4 is 45.2 Å². The van der Waals surface area contributed by atoms with Crippen molar-refractivity contribution in [3.63, 3.8) is 0 Å². The molecule has 4 aromatic rings. The van der Waals surface area contributed by atoms with E-state index in [4.69, 9.17) is 10.7 Å². The van der Waals surface area contributed by atoms with Gasteiger partial charge in [0.05, 0.1) is 16.8 Å². The molecule has 1 aromatic carbocycles.